The van der Waals surface area contributed by atoms with Crippen molar-refractivity contribution in [2.24, 2.45) is 0 Å². The predicted molar refractivity (Wildman–Crippen MR) is 113 cm³/mol. The standard InChI is InChI=1S/C22H20N2O3.H2S/c25-22(23-26)17-11-12-18-14-24(19-9-5-2-6-10-19)20(15-27-21(18)13-17)16-7-3-1-4-8-16;/h1-13,20,26H,14-15H2,(H,23,25);1H2/t20-;/m1./s1. The summed E-state index contributed by atoms with van der Waals surface area (Å²) in [7, 11) is 0. The van der Waals surface area contributed by atoms with Gasteiger partial charge in [0.15, 0.2) is 0 Å². The summed E-state index contributed by atoms with van der Waals surface area (Å²) in [6.07, 6.45) is 0. The Balaban J connectivity index is 0.00000225. The minimum atomic E-state index is -0.551. The highest BCUT2D eigenvalue weighted by molar-refractivity contribution is 7.59. The molecule has 1 aliphatic heterocycles. The third-order valence-corrected chi connectivity index (χ3v) is 4.82. The molecule has 3 aromatic rings. The number of benzene rings is 3. The molecule has 6 heteroatoms. The molecule has 2 N–H and O–H groups in total. The first-order valence-electron chi connectivity index (χ1n) is 8.83. The molecule has 0 unspecified atom stereocenters. The summed E-state index contributed by atoms with van der Waals surface area (Å²) in [5.74, 6) is 0.112. The van der Waals surface area contributed by atoms with E-state index in [2.05, 4.69) is 29.2 Å². The molecular formula is C22H22N2O3S. The van der Waals surface area contributed by atoms with Gasteiger partial charge in [0, 0.05) is 23.4 Å². The molecule has 0 aliphatic carbocycles. The van der Waals surface area contributed by atoms with Crippen molar-refractivity contribution in [3.63, 3.8) is 0 Å². The molecule has 0 aromatic heterocycles. The zero-order chi connectivity index (χ0) is 18.6. The van der Waals surface area contributed by atoms with Gasteiger partial charge in [-0.05, 0) is 29.8 Å². The van der Waals surface area contributed by atoms with E-state index in [0.29, 0.717) is 24.5 Å². The number of fused-ring (bicyclic) bond motifs is 1. The smallest absolute Gasteiger partial charge is 0.274 e. The predicted octanol–water partition coefficient (Wildman–Crippen LogP) is 4.06. The number of nitrogens with zero attached hydrogens (tertiary/aromatic N) is 1. The molecule has 0 radical (unpaired) electrons. The molecule has 1 amide bonds. The van der Waals surface area contributed by atoms with Crippen LogP contribution >= 0.6 is 13.5 Å². The highest BCUT2D eigenvalue weighted by Crippen LogP contribution is 2.35. The number of hydrogen-bond donors (Lipinski definition) is 2. The van der Waals surface area contributed by atoms with E-state index >= 15 is 0 Å². The maximum atomic E-state index is 11.7. The number of carbonyl (C=O) groups is 1. The maximum absolute atomic E-state index is 11.7. The number of anilines is 1. The number of rotatable bonds is 3. The first-order chi connectivity index (χ1) is 13.3. The van der Waals surface area contributed by atoms with Gasteiger partial charge in [0.05, 0.1) is 6.04 Å². The zero-order valence-electron chi connectivity index (χ0n) is 15.2. The highest BCUT2D eigenvalue weighted by atomic mass is 32.1. The van der Waals surface area contributed by atoms with Crippen LogP contribution in [-0.2, 0) is 6.54 Å². The van der Waals surface area contributed by atoms with Crippen LogP contribution in [0.3, 0.4) is 0 Å². The van der Waals surface area contributed by atoms with E-state index < -0.39 is 5.91 Å². The van der Waals surface area contributed by atoms with Crippen LogP contribution in [0.1, 0.15) is 27.5 Å². The van der Waals surface area contributed by atoms with Crippen molar-refractivity contribution >= 4 is 25.1 Å². The van der Waals surface area contributed by atoms with Gasteiger partial charge in [0.1, 0.15) is 12.4 Å². The average molecular weight is 394 g/mol. The number of nitrogens with one attached hydrogen (secondary N) is 1. The summed E-state index contributed by atoms with van der Waals surface area (Å²) in [5, 5.41) is 8.88. The van der Waals surface area contributed by atoms with Gasteiger partial charge in [-0.25, -0.2) is 5.48 Å². The third kappa shape index (κ3) is 3.98. The van der Waals surface area contributed by atoms with E-state index in [9.17, 15) is 4.79 Å². The first kappa shape index (κ1) is 19.8. The fourth-order valence-corrected chi connectivity index (χ4v) is 3.42. The fraction of sp³-hybridized carbons (Fsp3) is 0.136. The van der Waals surface area contributed by atoms with Crippen molar-refractivity contribution in [3.05, 3.63) is 95.6 Å². The van der Waals surface area contributed by atoms with E-state index in [1.165, 1.54) is 5.56 Å². The summed E-state index contributed by atoms with van der Waals surface area (Å²) >= 11 is 0. The molecule has 144 valence electrons. The molecular weight excluding hydrogens is 372 g/mol. The van der Waals surface area contributed by atoms with Gasteiger partial charge < -0.3 is 9.64 Å². The van der Waals surface area contributed by atoms with Crippen molar-refractivity contribution in [2.75, 3.05) is 11.5 Å². The van der Waals surface area contributed by atoms with Crippen molar-refractivity contribution in [2.45, 2.75) is 12.6 Å². The molecule has 28 heavy (non-hydrogen) atoms. The van der Waals surface area contributed by atoms with Crippen LogP contribution in [0.25, 0.3) is 0 Å². The molecule has 4 rings (SSSR count). The Kier molecular flexibility index (Phi) is 6.23. The quantitative estimate of drug-likeness (QED) is 0.520. The second kappa shape index (κ2) is 8.82. The lowest BCUT2D eigenvalue weighted by Gasteiger charge is -2.31. The van der Waals surface area contributed by atoms with Crippen molar-refractivity contribution in [1.82, 2.24) is 5.48 Å². The topological polar surface area (TPSA) is 61.8 Å². The zero-order valence-corrected chi connectivity index (χ0v) is 16.2. The van der Waals surface area contributed by atoms with Crippen molar-refractivity contribution < 1.29 is 14.7 Å². The van der Waals surface area contributed by atoms with Crippen LogP contribution in [0.4, 0.5) is 5.69 Å². The van der Waals surface area contributed by atoms with Gasteiger partial charge in [-0.2, -0.15) is 13.5 Å². The largest absolute Gasteiger partial charge is 0.491 e. The van der Waals surface area contributed by atoms with E-state index in [-0.39, 0.29) is 19.5 Å². The third-order valence-electron chi connectivity index (χ3n) is 4.82. The number of carbonyl (C=O) groups excluding carboxylic acids is 1. The summed E-state index contributed by atoms with van der Waals surface area (Å²) in [6, 6.07) is 25.8. The Morgan fingerprint density at radius 1 is 1.00 bits per heavy atom. The lowest BCUT2D eigenvalue weighted by molar-refractivity contribution is 0.0706. The maximum Gasteiger partial charge on any atom is 0.274 e. The lowest BCUT2D eigenvalue weighted by Crippen LogP contribution is -2.30. The van der Waals surface area contributed by atoms with Crippen LogP contribution in [0, 0.1) is 0 Å². The summed E-state index contributed by atoms with van der Waals surface area (Å²) < 4.78 is 6.10. The Hall–Kier alpha value is -2.96. The number of ether oxygens (including phenoxy) is 1. The number of para-hydroxylation sites is 1. The number of hydrogen-bond acceptors (Lipinski definition) is 4. The van der Waals surface area contributed by atoms with E-state index in [4.69, 9.17) is 9.94 Å². The van der Waals surface area contributed by atoms with Gasteiger partial charge in [-0.3, -0.25) is 10.0 Å². The van der Waals surface area contributed by atoms with Crippen LogP contribution in [0.5, 0.6) is 5.75 Å². The molecule has 1 heterocycles. The van der Waals surface area contributed by atoms with Gasteiger partial charge in [0.2, 0.25) is 0 Å². The summed E-state index contributed by atoms with van der Waals surface area (Å²) in [5.41, 5.74) is 5.30. The van der Waals surface area contributed by atoms with Gasteiger partial charge in [0.25, 0.3) is 5.91 Å². The molecule has 0 spiro atoms. The molecule has 1 aliphatic rings. The second-order valence-corrected chi connectivity index (χ2v) is 6.46. The minimum Gasteiger partial charge on any atom is -0.491 e. The molecule has 5 nitrogen and oxygen atoms in total. The van der Waals surface area contributed by atoms with Crippen LogP contribution in [0.15, 0.2) is 78.9 Å². The van der Waals surface area contributed by atoms with E-state index in [0.717, 1.165) is 11.3 Å². The van der Waals surface area contributed by atoms with Crippen LogP contribution in [0.2, 0.25) is 0 Å². The second-order valence-electron chi connectivity index (χ2n) is 6.46. The SMILES string of the molecule is O=C(NO)c1ccc2c(c1)OC[C@H](c1ccccc1)N(c1ccccc1)C2.S. The molecule has 0 saturated carbocycles. The van der Waals surface area contributed by atoms with Crippen LogP contribution < -0.4 is 15.1 Å². The highest BCUT2D eigenvalue weighted by Gasteiger charge is 2.27. The van der Waals surface area contributed by atoms with Gasteiger partial charge >= 0.3 is 0 Å². The van der Waals surface area contributed by atoms with E-state index in [1.54, 1.807) is 17.6 Å². The fourth-order valence-electron chi connectivity index (χ4n) is 3.42. The summed E-state index contributed by atoms with van der Waals surface area (Å²) in [4.78, 5) is 14.0. The number of hydroxylamine groups is 1. The molecule has 1 atom stereocenters. The van der Waals surface area contributed by atoms with Crippen molar-refractivity contribution in [1.29, 1.82) is 0 Å². The Morgan fingerprint density at radius 2 is 1.68 bits per heavy atom. The lowest BCUT2D eigenvalue weighted by atomic mass is 10.0. The van der Waals surface area contributed by atoms with Gasteiger partial charge in [-0.1, -0.05) is 54.6 Å². The van der Waals surface area contributed by atoms with Crippen molar-refractivity contribution in [3.8, 4) is 5.75 Å². The molecule has 0 bridgehead atoms. The molecule has 0 saturated heterocycles. The van der Waals surface area contributed by atoms with Gasteiger partial charge in [-0.15, -0.1) is 0 Å². The molecule has 3 aromatic carbocycles. The normalized spacial score (nSPS) is 15.5. The Labute approximate surface area is 171 Å². The average Bonchev–Trinajstić information content (AvgIpc) is 2.93. The Bertz CT molecular complexity index is 935. The number of amides is 1. The monoisotopic (exact) mass is 394 g/mol. The molecule has 0 fully saturated rings. The Morgan fingerprint density at radius 3 is 2.36 bits per heavy atom. The van der Waals surface area contributed by atoms with E-state index in [1.807, 2.05) is 42.5 Å². The summed E-state index contributed by atoms with van der Waals surface area (Å²) in [6.45, 7) is 1.11. The minimum absolute atomic E-state index is 0. The van der Waals surface area contributed by atoms with Crippen LogP contribution in [-0.4, -0.2) is 17.7 Å². The first-order valence-corrected chi connectivity index (χ1v) is 8.83.